The van der Waals surface area contributed by atoms with Crippen LogP contribution in [0.3, 0.4) is 0 Å². The van der Waals surface area contributed by atoms with Crippen molar-refractivity contribution >= 4 is 0 Å². The van der Waals surface area contributed by atoms with Gasteiger partial charge >= 0.3 is 0 Å². The van der Waals surface area contributed by atoms with Gasteiger partial charge in [0.15, 0.2) is 0 Å². The van der Waals surface area contributed by atoms with E-state index in [-0.39, 0.29) is 6.10 Å². The summed E-state index contributed by atoms with van der Waals surface area (Å²) >= 11 is 0. The highest BCUT2D eigenvalue weighted by molar-refractivity contribution is 4.90. The van der Waals surface area contributed by atoms with Crippen molar-refractivity contribution in [1.82, 2.24) is 4.90 Å². The van der Waals surface area contributed by atoms with E-state index in [1.165, 1.54) is 32.4 Å². The maximum absolute atomic E-state index is 9.48. The molecule has 0 aromatic heterocycles. The average molecular weight is 169 g/mol. The van der Waals surface area contributed by atoms with E-state index in [1.807, 2.05) is 0 Å². The fourth-order valence-corrected chi connectivity index (χ4v) is 2.25. The highest BCUT2D eigenvalue weighted by Crippen LogP contribution is 2.29. The molecule has 0 unspecified atom stereocenters. The number of aliphatic hydroxyl groups excluding tert-OH is 1. The maximum Gasteiger partial charge on any atom is 0.0696 e. The molecule has 2 heteroatoms. The van der Waals surface area contributed by atoms with Crippen molar-refractivity contribution in [3.8, 4) is 0 Å². The molecule has 0 amide bonds. The minimum atomic E-state index is -0.0154. The molecule has 2 aliphatic rings. The molecule has 0 bridgehead atoms. The maximum atomic E-state index is 9.48. The Morgan fingerprint density at radius 3 is 2.17 bits per heavy atom. The van der Waals surface area contributed by atoms with Gasteiger partial charge in [0.05, 0.1) is 6.10 Å². The zero-order valence-corrected chi connectivity index (χ0v) is 7.87. The summed E-state index contributed by atoms with van der Waals surface area (Å²) in [6.07, 6.45) is 4.87. The van der Waals surface area contributed by atoms with Gasteiger partial charge in [-0.1, -0.05) is 6.92 Å². The van der Waals surface area contributed by atoms with Gasteiger partial charge in [0.2, 0.25) is 0 Å². The second kappa shape index (κ2) is 3.35. The molecule has 1 heterocycles. The van der Waals surface area contributed by atoms with Crippen LogP contribution in [0.25, 0.3) is 0 Å². The van der Waals surface area contributed by atoms with E-state index in [1.54, 1.807) is 0 Å². The van der Waals surface area contributed by atoms with E-state index in [0.29, 0.717) is 6.04 Å². The van der Waals surface area contributed by atoms with Crippen LogP contribution in [-0.4, -0.2) is 35.2 Å². The summed E-state index contributed by atoms with van der Waals surface area (Å²) in [6, 6.07) is 0.512. The Labute approximate surface area is 74.6 Å². The van der Waals surface area contributed by atoms with Gasteiger partial charge < -0.3 is 5.11 Å². The number of hydrogen-bond acceptors (Lipinski definition) is 2. The summed E-state index contributed by atoms with van der Waals surface area (Å²) in [6.45, 7) is 4.75. The Kier molecular flexibility index (Phi) is 2.37. The van der Waals surface area contributed by atoms with Crippen molar-refractivity contribution < 1.29 is 5.11 Å². The lowest BCUT2D eigenvalue weighted by molar-refractivity contribution is -0.0327. The van der Waals surface area contributed by atoms with Gasteiger partial charge in [0, 0.05) is 6.04 Å². The Balaban J connectivity index is 1.81. The van der Waals surface area contributed by atoms with Gasteiger partial charge in [0.25, 0.3) is 0 Å². The van der Waals surface area contributed by atoms with Gasteiger partial charge in [-0.15, -0.1) is 0 Å². The molecule has 0 spiro atoms. The Morgan fingerprint density at radius 2 is 1.75 bits per heavy atom. The SMILES string of the molecule is CC1CCN([C@@H]2CC[C@H]2O)CC1. The monoisotopic (exact) mass is 169 g/mol. The fourth-order valence-electron chi connectivity index (χ4n) is 2.25. The summed E-state index contributed by atoms with van der Waals surface area (Å²) in [5.41, 5.74) is 0. The first kappa shape index (κ1) is 8.52. The second-order valence-electron chi connectivity index (χ2n) is 4.43. The Hall–Kier alpha value is -0.0800. The summed E-state index contributed by atoms with van der Waals surface area (Å²) in [5, 5.41) is 9.48. The first-order valence-electron chi connectivity index (χ1n) is 5.19. The van der Waals surface area contributed by atoms with Crippen molar-refractivity contribution in [3.05, 3.63) is 0 Å². The number of piperidine rings is 1. The number of aliphatic hydroxyl groups is 1. The average Bonchev–Trinajstić information content (AvgIpc) is 2.06. The standard InChI is InChI=1S/C10H19NO/c1-8-4-6-11(7-5-8)9-2-3-10(9)12/h8-10,12H,2-7H2,1H3/t9-,10-/m1/s1. The molecular weight excluding hydrogens is 150 g/mol. The molecule has 1 aliphatic heterocycles. The summed E-state index contributed by atoms with van der Waals surface area (Å²) in [7, 11) is 0. The van der Waals surface area contributed by atoms with E-state index in [2.05, 4.69) is 11.8 Å². The molecule has 1 aliphatic carbocycles. The number of nitrogens with zero attached hydrogens (tertiary/aromatic N) is 1. The van der Waals surface area contributed by atoms with Crippen molar-refractivity contribution in [2.24, 2.45) is 5.92 Å². The predicted octanol–water partition coefficient (Wildman–Crippen LogP) is 1.24. The number of hydrogen-bond donors (Lipinski definition) is 1. The number of likely N-dealkylation sites (tertiary alicyclic amines) is 1. The highest BCUT2D eigenvalue weighted by atomic mass is 16.3. The van der Waals surface area contributed by atoms with E-state index >= 15 is 0 Å². The molecule has 0 radical (unpaired) electrons. The van der Waals surface area contributed by atoms with Crippen LogP contribution in [0.2, 0.25) is 0 Å². The van der Waals surface area contributed by atoms with E-state index in [9.17, 15) is 5.11 Å². The third kappa shape index (κ3) is 1.50. The first-order chi connectivity index (χ1) is 5.77. The first-order valence-corrected chi connectivity index (χ1v) is 5.19. The van der Waals surface area contributed by atoms with Crippen LogP contribution >= 0.6 is 0 Å². The van der Waals surface area contributed by atoms with Crippen LogP contribution < -0.4 is 0 Å². The molecule has 2 fully saturated rings. The van der Waals surface area contributed by atoms with Crippen LogP contribution in [0.15, 0.2) is 0 Å². The van der Waals surface area contributed by atoms with Crippen LogP contribution in [0, 0.1) is 5.92 Å². The smallest absolute Gasteiger partial charge is 0.0696 e. The van der Waals surface area contributed by atoms with Crippen LogP contribution in [-0.2, 0) is 0 Å². The minimum absolute atomic E-state index is 0.0154. The third-order valence-corrected chi connectivity index (χ3v) is 3.49. The molecule has 0 aromatic rings. The van der Waals surface area contributed by atoms with E-state index in [0.717, 1.165) is 12.3 Å². The third-order valence-electron chi connectivity index (χ3n) is 3.49. The van der Waals surface area contributed by atoms with Crippen molar-refractivity contribution in [2.45, 2.75) is 44.8 Å². The largest absolute Gasteiger partial charge is 0.391 e. The number of rotatable bonds is 1. The fraction of sp³-hybridized carbons (Fsp3) is 1.00. The highest BCUT2D eigenvalue weighted by Gasteiger charge is 2.34. The summed E-state index contributed by atoms with van der Waals surface area (Å²) in [5.74, 6) is 0.901. The van der Waals surface area contributed by atoms with Gasteiger partial charge in [0.1, 0.15) is 0 Å². The summed E-state index contributed by atoms with van der Waals surface area (Å²) < 4.78 is 0. The molecule has 1 saturated heterocycles. The lowest BCUT2D eigenvalue weighted by Gasteiger charge is -2.44. The molecular formula is C10H19NO. The zero-order valence-electron chi connectivity index (χ0n) is 7.87. The Bertz CT molecular complexity index is 152. The second-order valence-corrected chi connectivity index (χ2v) is 4.43. The normalized spacial score (nSPS) is 39.5. The predicted molar refractivity (Wildman–Crippen MR) is 49.0 cm³/mol. The minimum Gasteiger partial charge on any atom is -0.391 e. The van der Waals surface area contributed by atoms with Crippen molar-refractivity contribution in [2.75, 3.05) is 13.1 Å². The Morgan fingerprint density at radius 1 is 1.08 bits per heavy atom. The van der Waals surface area contributed by atoms with Crippen LogP contribution in [0.5, 0.6) is 0 Å². The van der Waals surface area contributed by atoms with Gasteiger partial charge in [-0.05, 0) is 44.7 Å². The van der Waals surface area contributed by atoms with Gasteiger partial charge in [-0.3, -0.25) is 4.90 Å². The summed E-state index contributed by atoms with van der Waals surface area (Å²) in [4.78, 5) is 2.48. The molecule has 12 heavy (non-hydrogen) atoms. The lowest BCUT2D eigenvalue weighted by atomic mass is 9.85. The van der Waals surface area contributed by atoms with Gasteiger partial charge in [-0.2, -0.15) is 0 Å². The van der Waals surface area contributed by atoms with Crippen molar-refractivity contribution in [3.63, 3.8) is 0 Å². The molecule has 2 rings (SSSR count). The van der Waals surface area contributed by atoms with Crippen molar-refractivity contribution in [1.29, 1.82) is 0 Å². The molecule has 0 aromatic carbocycles. The molecule has 1 N–H and O–H groups in total. The van der Waals surface area contributed by atoms with Crippen LogP contribution in [0.1, 0.15) is 32.6 Å². The molecule has 2 nitrogen and oxygen atoms in total. The topological polar surface area (TPSA) is 23.5 Å². The lowest BCUT2D eigenvalue weighted by Crippen LogP contribution is -2.52. The molecule has 2 atom stereocenters. The van der Waals surface area contributed by atoms with Gasteiger partial charge in [-0.25, -0.2) is 0 Å². The van der Waals surface area contributed by atoms with E-state index in [4.69, 9.17) is 0 Å². The molecule has 1 saturated carbocycles. The van der Waals surface area contributed by atoms with E-state index < -0.39 is 0 Å². The van der Waals surface area contributed by atoms with Crippen LogP contribution in [0.4, 0.5) is 0 Å². The quantitative estimate of drug-likeness (QED) is 0.638. The zero-order chi connectivity index (χ0) is 8.55. The molecule has 70 valence electrons.